The minimum Gasteiger partial charge on any atom is -0.334 e. The Kier molecular flexibility index (Phi) is 4.37. The second-order valence-electron chi connectivity index (χ2n) is 7.54. The summed E-state index contributed by atoms with van der Waals surface area (Å²) < 4.78 is 32.5. The van der Waals surface area contributed by atoms with E-state index in [2.05, 4.69) is 17.1 Å². The molecule has 140 valence electrons. The van der Waals surface area contributed by atoms with Crippen LogP contribution in [-0.4, -0.2) is 36.0 Å². The standard InChI is InChI=1S/C18H24N4O3S/c1-13-7-11-22(12-8-13)26(23,24)15-5-3-14(4-6-15)16-20-17(21-25-16)18(19)9-2-10-18/h3-6,13H,2,7-12,19H2,1H3. The SMILES string of the molecule is CC1CCN(S(=O)(=O)c2ccc(-c3nc(C4(N)CCC4)no3)cc2)CC1. The second-order valence-corrected chi connectivity index (χ2v) is 9.48. The van der Waals surface area contributed by atoms with Crippen LogP contribution in [-0.2, 0) is 15.6 Å². The molecule has 1 aliphatic carbocycles. The summed E-state index contributed by atoms with van der Waals surface area (Å²) in [6.45, 7) is 3.32. The predicted octanol–water partition coefficient (Wildman–Crippen LogP) is 2.50. The van der Waals surface area contributed by atoms with E-state index in [1.165, 1.54) is 0 Å². The average molecular weight is 376 g/mol. The molecule has 0 radical (unpaired) electrons. The third-order valence-corrected chi connectivity index (χ3v) is 7.51. The highest BCUT2D eigenvalue weighted by Gasteiger charge is 2.39. The van der Waals surface area contributed by atoms with Crippen LogP contribution in [0.4, 0.5) is 0 Å². The zero-order valence-electron chi connectivity index (χ0n) is 14.9. The number of aromatic nitrogens is 2. The molecule has 1 aliphatic heterocycles. The lowest BCUT2D eigenvalue weighted by atomic mass is 9.77. The van der Waals surface area contributed by atoms with Crippen LogP contribution in [0.5, 0.6) is 0 Å². The van der Waals surface area contributed by atoms with Gasteiger partial charge in [0, 0.05) is 18.7 Å². The quantitative estimate of drug-likeness (QED) is 0.879. The molecule has 8 heteroatoms. The summed E-state index contributed by atoms with van der Waals surface area (Å²) in [5, 5.41) is 4.00. The number of nitrogens with zero attached hydrogens (tertiary/aromatic N) is 3. The Balaban J connectivity index is 1.53. The molecule has 1 aromatic carbocycles. The monoisotopic (exact) mass is 376 g/mol. The van der Waals surface area contributed by atoms with Crippen molar-refractivity contribution in [3.8, 4) is 11.5 Å². The van der Waals surface area contributed by atoms with Crippen molar-refractivity contribution in [1.29, 1.82) is 0 Å². The molecule has 0 unspecified atom stereocenters. The molecular formula is C18H24N4O3S. The van der Waals surface area contributed by atoms with Gasteiger partial charge in [-0.1, -0.05) is 12.1 Å². The van der Waals surface area contributed by atoms with E-state index in [9.17, 15) is 8.42 Å². The summed E-state index contributed by atoms with van der Waals surface area (Å²) in [6.07, 6.45) is 4.60. The summed E-state index contributed by atoms with van der Waals surface area (Å²) in [5.74, 6) is 1.47. The first kappa shape index (κ1) is 17.6. The molecular weight excluding hydrogens is 352 g/mol. The minimum absolute atomic E-state index is 0.296. The summed E-state index contributed by atoms with van der Waals surface area (Å²) in [4.78, 5) is 4.70. The first-order valence-corrected chi connectivity index (χ1v) is 10.6. The largest absolute Gasteiger partial charge is 0.334 e. The zero-order chi connectivity index (χ0) is 18.4. The molecule has 2 fully saturated rings. The smallest absolute Gasteiger partial charge is 0.257 e. The van der Waals surface area contributed by atoms with Crippen LogP contribution >= 0.6 is 0 Å². The van der Waals surface area contributed by atoms with Gasteiger partial charge in [0.2, 0.25) is 10.0 Å². The Morgan fingerprint density at radius 1 is 1.19 bits per heavy atom. The molecule has 2 N–H and O–H groups in total. The van der Waals surface area contributed by atoms with Crippen molar-refractivity contribution in [2.24, 2.45) is 11.7 Å². The maximum atomic E-state index is 12.8. The Morgan fingerprint density at radius 3 is 2.42 bits per heavy atom. The Labute approximate surface area is 153 Å². The van der Waals surface area contributed by atoms with Crippen LogP contribution in [0, 0.1) is 5.92 Å². The van der Waals surface area contributed by atoms with Gasteiger partial charge in [-0.25, -0.2) is 8.42 Å². The van der Waals surface area contributed by atoms with Crippen LogP contribution < -0.4 is 5.73 Å². The molecule has 2 aliphatic rings. The molecule has 2 aromatic rings. The van der Waals surface area contributed by atoms with Crippen molar-refractivity contribution in [3.63, 3.8) is 0 Å². The van der Waals surface area contributed by atoms with Gasteiger partial charge in [0.25, 0.3) is 5.89 Å². The van der Waals surface area contributed by atoms with Crippen molar-refractivity contribution in [1.82, 2.24) is 14.4 Å². The van der Waals surface area contributed by atoms with Crippen molar-refractivity contribution in [2.75, 3.05) is 13.1 Å². The number of nitrogens with two attached hydrogens (primary N) is 1. The van der Waals surface area contributed by atoms with E-state index >= 15 is 0 Å². The minimum atomic E-state index is -3.45. The van der Waals surface area contributed by atoms with Gasteiger partial charge in [-0.05, 0) is 62.3 Å². The fourth-order valence-electron chi connectivity index (χ4n) is 3.47. The van der Waals surface area contributed by atoms with E-state index in [1.807, 2.05) is 0 Å². The normalized spacial score (nSPS) is 21.5. The van der Waals surface area contributed by atoms with Gasteiger partial charge in [-0.3, -0.25) is 0 Å². The number of sulfonamides is 1. The molecule has 26 heavy (non-hydrogen) atoms. The molecule has 7 nitrogen and oxygen atoms in total. The third-order valence-electron chi connectivity index (χ3n) is 5.60. The molecule has 4 rings (SSSR count). The maximum absolute atomic E-state index is 12.8. The second kappa shape index (κ2) is 6.44. The summed E-state index contributed by atoms with van der Waals surface area (Å²) in [6, 6.07) is 6.63. The van der Waals surface area contributed by atoms with E-state index in [0.29, 0.717) is 41.2 Å². The van der Waals surface area contributed by atoms with Crippen LogP contribution in [0.1, 0.15) is 44.9 Å². The van der Waals surface area contributed by atoms with Gasteiger partial charge in [0.15, 0.2) is 5.82 Å². The van der Waals surface area contributed by atoms with E-state index in [4.69, 9.17) is 10.3 Å². The molecule has 1 saturated carbocycles. The fraction of sp³-hybridized carbons (Fsp3) is 0.556. The van der Waals surface area contributed by atoms with Crippen LogP contribution in [0.25, 0.3) is 11.5 Å². The van der Waals surface area contributed by atoms with Gasteiger partial charge in [0.05, 0.1) is 10.4 Å². The lowest BCUT2D eigenvalue weighted by Gasteiger charge is -2.34. The average Bonchev–Trinajstić information content (AvgIpc) is 3.10. The van der Waals surface area contributed by atoms with Gasteiger partial charge in [-0.2, -0.15) is 9.29 Å². The Bertz CT molecular complexity index is 879. The molecule has 2 heterocycles. The topological polar surface area (TPSA) is 102 Å². The van der Waals surface area contributed by atoms with Gasteiger partial charge in [0.1, 0.15) is 0 Å². The van der Waals surface area contributed by atoms with Crippen molar-refractivity contribution >= 4 is 10.0 Å². The predicted molar refractivity (Wildman–Crippen MR) is 96.6 cm³/mol. The molecule has 1 saturated heterocycles. The fourth-order valence-corrected chi connectivity index (χ4v) is 4.94. The number of hydrogen-bond acceptors (Lipinski definition) is 6. The number of rotatable bonds is 4. The Morgan fingerprint density at radius 2 is 1.85 bits per heavy atom. The number of piperidine rings is 1. The van der Waals surface area contributed by atoms with Crippen LogP contribution in [0.15, 0.2) is 33.7 Å². The van der Waals surface area contributed by atoms with Gasteiger partial charge in [-0.15, -0.1) is 0 Å². The van der Waals surface area contributed by atoms with Gasteiger partial charge >= 0.3 is 0 Å². The zero-order valence-corrected chi connectivity index (χ0v) is 15.7. The molecule has 0 atom stereocenters. The summed E-state index contributed by atoms with van der Waals surface area (Å²) in [5.41, 5.74) is 6.44. The lowest BCUT2D eigenvalue weighted by Crippen LogP contribution is -2.44. The number of benzene rings is 1. The van der Waals surface area contributed by atoms with Crippen LogP contribution in [0.2, 0.25) is 0 Å². The molecule has 0 amide bonds. The van der Waals surface area contributed by atoms with Crippen molar-refractivity contribution in [2.45, 2.75) is 49.5 Å². The lowest BCUT2D eigenvalue weighted by molar-refractivity contribution is 0.229. The Hall–Kier alpha value is -1.77. The highest BCUT2D eigenvalue weighted by atomic mass is 32.2. The van der Waals surface area contributed by atoms with Crippen molar-refractivity contribution < 1.29 is 12.9 Å². The van der Waals surface area contributed by atoms with E-state index in [0.717, 1.165) is 32.1 Å². The maximum Gasteiger partial charge on any atom is 0.257 e. The van der Waals surface area contributed by atoms with Gasteiger partial charge < -0.3 is 10.3 Å². The first-order valence-electron chi connectivity index (χ1n) is 9.12. The van der Waals surface area contributed by atoms with E-state index < -0.39 is 15.6 Å². The third kappa shape index (κ3) is 3.06. The number of hydrogen-bond donors (Lipinski definition) is 1. The van der Waals surface area contributed by atoms with Crippen LogP contribution in [0.3, 0.4) is 0 Å². The molecule has 1 aromatic heterocycles. The van der Waals surface area contributed by atoms with E-state index in [1.54, 1.807) is 28.6 Å². The van der Waals surface area contributed by atoms with Crippen molar-refractivity contribution in [3.05, 3.63) is 30.1 Å². The molecule has 0 bridgehead atoms. The highest BCUT2D eigenvalue weighted by Crippen LogP contribution is 2.37. The first-order chi connectivity index (χ1) is 12.4. The molecule has 0 spiro atoms. The highest BCUT2D eigenvalue weighted by molar-refractivity contribution is 7.89. The summed E-state index contributed by atoms with van der Waals surface area (Å²) >= 11 is 0. The summed E-state index contributed by atoms with van der Waals surface area (Å²) in [7, 11) is -3.45. The van der Waals surface area contributed by atoms with E-state index in [-0.39, 0.29) is 0 Å².